The van der Waals surface area contributed by atoms with E-state index in [1.807, 2.05) is 0 Å². The first-order chi connectivity index (χ1) is 10.1. The van der Waals surface area contributed by atoms with Crippen molar-refractivity contribution in [2.45, 2.75) is 19.1 Å². The number of carbonyl (C=O) groups is 2. The number of hydrogen-bond acceptors (Lipinski definition) is 4. The van der Waals surface area contributed by atoms with Crippen LogP contribution in [0, 0.1) is 0 Å². The second-order valence-electron chi connectivity index (χ2n) is 4.41. The van der Waals surface area contributed by atoms with Crippen molar-refractivity contribution >= 4 is 29.3 Å². The molecule has 1 aromatic rings. The minimum atomic E-state index is -3.03. The number of carboxylic acids is 1. The number of amides is 2. The van der Waals surface area contributed by atoms with Gasteiger partial charge in [0.1, 0.15) is 5.75 Å². The Bertz CT molecular complexity index is 568. The summed E-state index contributed by atoms with van der Waals surface area (Å²) in [7, 11) is 0. The highest BCUT2D eigenvalue weighted by Crippen LogP contribution is 2.28. The Morgan fingerprint density at radius 1 is 1.45 bits per heavy atom. The highest BCUT2D eigenvalue weighted by Gasteiger charge is 2.30. The van der Waals surface area contributed by atoms with Gasteiger partial charge in [-0.3, -0.25) is 0 Å². The lowest BCUT2D eigenvalue weighted by molar-refractivity contribution is -0.155. The molecule has 0 bridgehead atoms. The van der Waals surface area contributed by atoms with E-state index in [9.17, 15) is 23.5 Å². The van der Waals surface area contributed by atoms with Gasteiger partial charge >= 0.3 is 18.6 Å². The van der Waals surface area contributed by atoms with E-state index in [4.69, 9.17) is 16.7 Å². The summed E-state index contributed by atoms with van der Waals surface area (Å²) in [5.41, 5.74) is -1.96. The van der Waals surface area contributed by atoms with E-state index in [0.717, 1.165) is 13.0 Å². The summed E-state index contributed by atoms with van der Waals surface area (Å²) in [5, 5.41) is 22.4. The van der Waals surface area contributed by atoms with Gasteiger partial charge in [0.25, 0.3) is 0 Å². The Morgan fingerprint density at radius 3 is 2.59 bits per heavy atom. The molecule has 0 heterocycles. The number of alkyl halides is 2. The average Bonchev–Trinajstić information content (AvgIpc) is 2.39. The number of urea groups is 1. The molecule has 10 heteroatoms. The number of carboxylic acid groups (broad SMARTS) is 1. The largest absolute Gasteiger partial charge is 0.479 e. The zero-order chi connectivity index (χ0) is 16.9. The summed E-state index contributed by atoms with van der Waals surface area (Å²) in [4.78, 5) is 22.2. The quantitative estimate of drug-likeness (QED) is 0.633. The molecule has 0 spiro atoms. The second-order valence-corrected chi connectivity index (χ2v) is 4.82. The van der Waals surface area contributed by atoms with Gasteiger partial charge in [0.05, 0.1) is 11.6 Å². The van der Waals surface area contributed by atoms with Gasteiger partial charge < -0.3 is 25.6 Å². The predicted octanol–water partition coefficient (Wildman–Crippen LogP) is 1.90. The molecule has 0 aliphatic rings. The van der Waals surface area contributed by atoms with Crippen molar-refractivity contribution in [3.05, 3.63) is 23.2 Å². The Labute approximate surface area is 128 Å². The Hall–Kier alpha value is -2.13. The third-order valence-corrected chi connectivity index (χ3v) is 2.76. The zero-order valence-electron chi connectivity index (χ0n) is 11.3. The lowest BCUT2D eigenvalue weighted by Crippen LogP contribution is -2.47. The molecule has 122 valence electrons. The number of ether oxygens (including phenoxy) is 1. The van der Waals surface area contributed by atoms with Gasteiger partial charge in [0.2, 0.25) is 0 Å². The molecule has 0 saturated heterocycles. The first-order valence-corrected chi connectivity index (χ1v) is 6.24. The van der Waals surface area contributed by atoms with E-state index < -0.39 is 30.8 Å². The monoisotopic (exact) mass is 338 g/mol. The van der Waals surface area contributed by atoms with Crippen LogP contribution in [-0.2, 0) is 4.79 Å². The van der Waals surface area contributed by atoms with Crippen LogP contribution in [0.4, 0.5) is 19.3 Å². The molecule has 7 nitrogen and oxygen atoms in total. The van der Waals surface area contributed by atoms with Crippen LogP contribution in [0.15, 0.2) is 18.2 Å². The van der Waals surface area contributed by atoms with Gasteiger partial charge in [-0.2, -0.15) is 8.78 Å². The molecule has 0 aliphatic heterocycles. The average molecular weight is 339 g/mol. The molecule has 0 aliphatic carbocycles. The number of nitrogens with one attached hydrogen (secondary N) is 2. The predicted molar refractivity (Wildman–Crippen MR) is 73.4 cm³/mol. The normalized spacial score (nSPS) is 13.4. The van der Waals surface area contributed by atoms with Crippen LogP contribution in [-0.4, -0.2) is 41.0 Å². The van der Waals surface area contributed by atoms with E-state index in [0.29, 0.717) is 0 Å². The molecule has 1 aromatic carbocycles. The van der Waals surface area contributed by atoms with Gasteiger partial charge in [0, 0.05) is 5.69 Å². The van der Waals surface area contributed by atoms with Crippen LogP contribution in [0.3, 0.4) is 0 Å². The zero-order valence-corrected chi connectivity index (χ0v) is 12.0. The standard InChI is InChI=1S/C12H13ClF2N2O5/c1-12(21,9(18)19)5-16-11(20)17-6-2-3-8(7(13)4-6)22-10(14)15/h2-4,10,21H,5H2,1H3,(H,18,19)(H2,16,17,20). The first-order valence-electron chi connectivity index (χ1n) is 5.87. The topological polar surface area (TPSA) is 108 Å². The molecule has 4 N–H and O–H groups in total. The van der Waals surface area contributed by atoms with E-state index in [1.54, 1.807) is 0 Å². The molecule has 22 heavy (non-hydrogen) atoms. The Kier molecular flexibility index (Phi) is 5.89. The van der Waals surface area contributed by atoms with Crippen molar-refractivity contribution in [2.75, 3.05) is 11.9 Å². The van der Waals surface area contributed by atoms with Gasteiger partial charge in [-0.05, 0) is 25.1 Å². The number of hydrogen-bond donors (Lipinski definition) is 4. The van der Waals surface area contributed by atoms with E-state index in [1.165, 1.54) is 12.1 Å². The van der Waals surface area contributed by atoms with Crippen LogP contribution >= 0.6 is 11.6 Å². The third-order valence-electron chi connectivity index (χ3n) is 2.46. The number of aliphatic carboxylic acids is 1. The summed E-state index contributed by atoms with van der Waals surface area (Å²) in [6, 6.07) is 2.77. The molecule has 0 saturated carbocycles. The van der Waals surface area contributed by atoms with Gasteiger partial charge in [-0.1, -0.05) is 11.6 Å². The molecular weight excluding hydrogens is 326 g/mol. The van der Waals surface area contributed by atoms with Crippen LogP contribution in [0.25, 0.3) is 0 Å². The Balaban J connectivity index is 2.62. The second kappa shape index (κ2) is 7.23. The highest BCUT2D eigenvalue weighted by atomic mass is 35.5. The first kappa shape index (κ1) is 17.9. The van der Waals surface area contributed by atoms with Crippen LogP contribution in [0.5, 0.6) is 5.75 Å². The highest BCUT2D eigenvalue weighted by molar-refractivity contribution is 6.32. The van der Waals surface area contributed by atoms with Crippen molar-refractivity contribution in [1.29, 1.82) is 0 Å². The number of halogens is 3. The minimum absolute atomic E-state index is 0.143. The lowest BCUT2D eigenvalue weighted by atomic mass is 10.1. The summed E-state index contributed by atoms with van der Waals surface area (Å²) in [5.74, 6) is -1.75. The van der Waals surface area contributed by atoms with Crippen molar-refractivity contribution in [1.82, 2.24) is 5.32 Å². The van der Waals surface area contributed by atoms with E-state index in [-0.39, 0.29) is 16.5 Å². The van der Waals surface area contributed by atoms with Crippen molar-refractivity contribution < 1.29 is 33.3 Å². The van der Waals surface area contributed by atoms with Crippen molar-refractivity contribution in [2.24, 2.45) is 0 Å². The molecule has 0 radical (unpaired) electrons. The maximum absolute atomic E-state index is 12.1. The summed E-state index contributed by atoms with van der Waals surface area (Å²) in [6.07, 6.45) is 0. The molecule has 2 amide bonds. The fourth-order valence-electron chi connectivity index (χ4n) is 1.27. The van der Waals surface area contributed by atoms with Gasteiger partial charge in [-0.15, -0.1) is 0 Å². The van der Waals surface area contributed by atoms with E-state index >= 15 is 0 Å². The van der Waals surface area contributed by atoms with Crippen molar-refractivity contribution in [3.63, 3.8) is 0 Å². The van der Waals surface area contributed by atoms with Crippen LogP contribution in [0.2, 0.25) is 5.02 Å². The summed E-state index contributed by atoms with van der Waals surface area (Å²) >= 11 is 5.70. The molecule has 0 fully saturated rings. The molecule has 1 unspecified atom stereocenters. The number of rotatable bonds is 6. The molecule has 0 aromatic heterocycles. The minimum Gasteiger partial charge on any atom is -0.479 e. The van der Waals surface area contributed by atoms with E-state index in [2.05, 4.69) is 15.4 Å². The fraction of sp³-hybridized carbons (Fsp3) is 0.333. The maximum atomic E-state index is 12.1. The summed E-state index contributed by atoms with van der Waals surface area (Å²) < 4.78 is 28.2. The molecule has 1 atom stereocenters. The SMILES string of the molecule is CC(O)(CNC(=O)Nc1ccc(OC(F)F)c(Cl)c1)C(=O)O. The van der Waals surface area contributed by atoms with Gasteiger partial charge in [-0.25, -0.2) is 9.59 Å². The number of carbonyl (C=O) groups excluding carboxylic acids is 1. The maximum Gasteiger partial charge on any atom is 0.387 e. The number of benzene rings is 1. The third kappa shape index (κ3) is 5.34. The van der Waals surface area contributed by atoms with Crippen LogP contribution in [0.1, 0.15) is 6.92 Å². The van der Waals surface area contributed by atoms with Crippen molar-refractivity contribution in [3.8, 4) is 5.75 Å². The summed E-state index contributed by atoms with van der Waals surface area (Å²) in [6.45, 7) is -2.55. The number of aliphatic hydroxyl groups is 1. The lowest BCUT2D eigenvalue weighted by Gasteiger charge is -2.18. The smallest absolute Gasteiger partial charge is 0.387 e. The molecular formula is C12H13ClF2N2O5. The van der Waals surface area contributed by atoms with Crippen LogP contribution < -0.4 is 15.4 Å². The Morgan fingerprint density at radius 2 is 2.09 bits per heavy atom. The number of anilines is 1. The molecule has 1 rings (SSSR count). The fourth-order valence-corrected chi connectivity index (χ4v) is 1.50. The van der Waals surface area contributed by atoms with Gasteiger partial charge in [0.15, 0.2) is 5.60 Å².